The van der Waals surface area contributed by atoms with Gasteiger partial charge in [0.25, 0.3) is 0 Å². The molecule has 0 fully saturated rings. The zero-order valence-electron chi connectivity index (χ0n) is 9.54. The molecule has 6 nitrogen and oxygen atoms in total. The van der Waals surface area contributed by atoms with E-state index in [0.29, 0.717) is 13.1 Å². The summed E-state index contributed by atoms with van der Waals surface area (Å²) in [5.41, 5.74) is 9.37. The van der Waals surface area contributed by atoms with Crippen LogP contribution in [0.15, 0.2) is 17.1 Å². The van der Waals surface area contributed by atoms with E-state index in [4.69, 9.17) is 5.73 Å². The van der Waals surface area contributed by atoms with Crippen LogP contribution >= 0.6 is 11.3 Å². The Balaban J connectivity index is 1.67. The normalized spacial score (nSPS) is 10.9. The Morgan fingerprint density at radius 2 is 2.35 bits per heavy atom. The molecule has 0 aliphatic heterocycles. The third kappa shape index (κ3) is 3.88. The Morgan fingerprint density at radius 3 is 3.12 bits per heavy atom. The summed E-state index contributed by atoms with van der Waals surface area (Å²) in [4.78, 5) is 4.22. The smallest absolute Gasteiger partial charge is 0.0964 e. The second kappa shape index (κ2) is 6.43. The molecule has 0 aliphatic rings. The number of nitrogens with two attached hydrogens (primary N) is 1. The molecule has 0 amide bonds. The zero-order chi connectivity index (χ0) is 11.9. The van der Waals surface area contributed by atoms with Crippen LogP contribution in [0.5, 0.6) is 0 Å². The topological polar surface area (TPSA) is 81.6 Å². The summed E-state index contributed by atoms with van der Waals surface area (Å²) >= 11 is 1.63. The van der Waals surface area contributed by atoms with Gasteiger partial charge in [0.2, 0.25) is 0 Å². The fraction of sp³-hybridized carbons (Fsp3) is 0.500. The third-order valence-electron chi connectivity index (χ3n) is 2.29. The van der Waals surface area contributed by atoms with Crippen LogP contribution in [0, 0.1) is 0 Å². The Kier molecular flexibility index (Phi) is 4.60. The summed E-state index contributed by atoms with van der Waals surface area (Å²) in [5, 5.41) is 13.4. The van der Waals surface area contributed by atoms with Crippen LogP contribution in [-0.2, 0) is 19.5 Å². The maximum atomic E-state index is 5.44. The molecule has 0 bridgehead atoms. The first kappa shape index (κ1) is 12.2. The second-order valence-corrected chi connectivity index (χ2v) is 4.39. The van der Waals surface area contributed by atoms with Crippen molar-refractivity contribution in [1.29, 1.82) is 0 Å². The number of hydrogen-bond acceptors (Lipinski definition) is 6. The average molecular weight is 252 g/mol. The largest absolute Gasteiger partial charge is 0.329 e. The molecule has 17 heavy (non-hydrogen) atoms. The number of nitrogens with one attached hydrogen (secondary N) is 1. The lowest BCUT2D eigenvalue weighted by atomic mass is 10.3. The van der Waals surface area contributed by atoms with Gasteiger partial charge in [0.1, 0.15) is 0 Å². The van der Waals surface area contributed by atoms with Crippen molar-refractivity contribution in [3.8, 4) is 0 Å². The minimum Gasteiger partial charge on any atom is -0.329 e. The van der Waals surface area contributed by atoms with Gasteiger partial charge in [-0.25, -0.2) is 4.98 Å². The van der Waals surface area contributed by atoms with E-state index < -0.39 is 0 Å². The maximum absolute atomic E-state index is 5.44. The van der Waals surface area contributed by atoms with E-state index in [1.807, 2.05) is 11.7 Å². The highest BCUT2D eigenvalue weighted by Crippen LogP contribution is 2.00. The van der Waals surface area contributed by atoms with Crippen molar-refractivity contribution >= 4 is 11.3 Å². The van der Waals surface area contributed by atoms with Crippen LogP contribution in [0.3, 0.4) is 0 Å². The van der Waals surface area contributed by atoms with Crippen molar-refractivity contribution in [2.45, 2.75) is 19.5 Å². The molecule has 2 aromatic heterocycles. The molecule has 0 unspecified atom stereocenters. The molecular formula is C10H16N6S. The first-order valence-corrected chi connectivity index (χ1v) is 6.49. The van der Waals surface area contributed by atoms with Gasteiger partial charge < -0.3 is 11.1 Å². The number of thiazole rings is 1. The van der Waals surface area contributed by atoms with E-state index in [2.05, 4.69) is 26.0 Å². The standard InChI is InChI=1S/C10H16N6S/c11-2-4-16-6-10(14-15-16)5-12-3-1-9-7-17-8-13-9/h6-8,12H,1-5,11H2. The van der Waals surface area contributed by atoms with E-state index in [1.165, 1.54) is 0 Å². The predicted octanol–water partition coefficient (Wildman–Crippen LogP) is 0.0256. The molecule has 0 saturated heterocycles. The van der Waals surface area contributed by atoms with E-state index in [0.717, 1.165) is 30.9 Å². The number of nitrogens with zero attached hydrogens (tertiary/aromatic N) is 4. The van der Waals surface area contributed by atoms with Gasteiger partial charge in [0.15, 0.2) is 0 Å². The van der Waals surface area contributed by atoms with E-state index >= 15 is 0 Å². The van der Waals surface area contributed by atoms with Gasteiger partial charge in [-0.1, -0.05) is 5.21 Å². The van der Waals surface area contributed by atoms with Gasteiger partial charge in [-0.05, 0) is 0 Å². The number of aromatic nitrogens is 4. The minimum atomic E-state index is 0.583. The zero-order valence-corrected chi connectivity index (χ0v) is 10.4. The highest BCUT2D eigenvalue weighted by Gasteiger charge is 2.00. The van der Waals surface area contributed by atoms with Crippen LogP contribution in [0.25, 0.3) is 0 Å². The third-order valence-corrected chi connectivity index (χ3v) is 2.93. The van der Waals surface area contributed by atoms with Crippen LogP contribution in [-0.4, -0.2) is 33.1 Å². The van der Waals surface area contributed by atoms with Gasteiger partial charge in [-0.15, -0.1) is 16.4 Å². The van der Waals surface area contributed by atoms with Gasteiger partial charge in [0.05, 0.1) is 23.4 Å². The molecule has 2 rings (SSSR count). The Hall–Kier alpha value is -1.31. The first-order chi connectivity index (χ1) is 8.38. The fourth-order valence-corrected chi connectivity index (χ4v) is 2.05. The van der Waals surface area contributed by atoms with Crippen LogP contribution in [0.2, 0.25) is 0 Å². The van der Waals surface area contributed by atoms with Crippen LogP contribution in [0.1, 0.15) is 11.4 Å². The van der Waals surface area contributed by atoms with Gasteiger partial charge in [-0.2, -0.15) is 0 Å². The fourth-order valence-electron chi connectivity index (χ4n) is 1.46. The SMILES string of the molecule is NCCn1cc(CNCCc2cscn2)nn1. The molecule has 92 valence electrons. The number of rotatable bonds is 7. The summed E-state index contributed by atoms with van der Waals surface area (Å²) in [5.74, 6) is 0. The summed E-state index contributed by atoms with van der Waals surface area (Å²) in [7, 11) is 0. The summed E-state index contributed by atoms with van der Waals surface area (Å²) in [6.07, 6.45) is 2.86. The predicted molar refractivity (Wildman–Crippen MR) is 66.6 cm³/mol. The Labute approximate surface area is 104 Å². The maximum Gasteiger partial charge on any atom is 0.0964 e. The van der Waals surface area contributed by atoms with Gasteiger partial charge in [0, 0.05) is 37.6 Å². The molecule has 0 aliphatic carbocycles. The van der Waals surface area contributed by atoms with Crippen LogP contribution in [0.4, 0.5) is 0 Å². The molecule has 0 atom stereocenters. The molecule has 0 saturated carbocycles. The molecule has 7 heteroatoms. The number of hydrogen-bond donors (Lipinski definition) is 2. The van der Waals surface area contributed by atoms with E-state index in [1.54, 1.807) is 16.0 Å². The van der Waals surface area contributed by atoms with Crippen molar-refractivity contribution in [3.63, 3.8) is 0 Å². The van der Waals surface area contributed by atoms with Crippen molar-refractivity contribution in [1.82, 2.24) is 25.3 Å². The minimum absolute atomic E-state index is 0.583. The summed E-state index contributed by atoms with van der Waals surface area (Å²) in [6, 6.07) is 0. The summed E-state index contributed by atoms with van der Waals surface area (Å²) in [6.45, 7) is 2.92. The quantitative estimate of drug-likeness (QED) is 0.679. The van der Waals surface area contributed by atoms with Crippen molar-refractivity contribution in [3.05, 3.63) is 28.5 Å². The monoisotopic (exact) mass is 252 g/mol. The van der Waals surface area contributed by atoms with E-state index in [-0.39, 0.29) is 0 Å². The lowest BCUT2D eigenvalue weighted by molar-refractivity contribution is 0.598. The molecular weight excluding hydrogens is 236 g/mol. The molecule has 3 N–H and O–H groups in total. The highest BCUT2D eigenvalue weighted by atomic mass is 32.1. The summed E-state index contributed by atoms with van der Waals surface area (Å²) < 4.78 is 1.76. The molecule has 2 aromatic rings. The molecule has 0 aromatic carbocycles. The Morgan fingerprint density at radius 1 is 1.41 bits per heavy atom. The van der Waals surface area contributed by atoms with Crippen molar-refractivity contribution in [2.24, 2.45) is 5.73 Å². The van der Waals surface area contributed by atoms with Crippen molar-refractivity contribution in [2.75, 3.05) is 13.1 Å². The molecule has 0 radical (unpaired) electrons. The second-order valence-electron chi connectivity index (χ2n) is 3.67. The van der Waals surface area contributed by atoms with Gasteiger partial charge in [-0.3, -0.25) is 4.68 Å². The van der Waals surface area contributed by atoms with E-state index in [9.17, 15) is 0 Å². The van der Waals surface area contributed by atoms with Crippen molar-refractivity contribution < 1.29 is 0 Å². The first-order valence-electron chi connectivity index (χ1n) is 5.55. The lowest BCUT2D eigenvalue weighted by Gasteiger charge is -1.99. The Bertz CT molecular complexity index is 424. The average Bonchev–Trinajstić information content (AvgIpc) is 2.96. The molecule has 0 spiro atoms. The van der Waals surface area contributed by atoms with Crippen LogP contribution < -0.4 is 11.1 Å². The highest BCUT2D eigenvalue weighted by molar-refractivity contribution is 7.07. The lowest BCUT2D eigenvalue weighted by Crippen LogP contribution is -2.17. The van der Waals surface area contributed by atoms with Gasteiger partial charge >= 0.3 is 0 Å². The molecule has 2 heterocycles.